The van der Waals surface area contributed by atoms with Crippen molar-refractivity contribution in [2.45, 2.75) is 70.7 Å². The smallest absolute Gasteiger partial charge is 0.248 e. The highest BCUT2D eigenvalue weighted by Gasteiger charge is 2.33. The molecule has 0 radical (unpaired) electrons. The van der Waals surface area contributed by atoms with Crippen LogP contribution in [0.1, 0.15) is 43.8 Å². The fourth-order valence-electron chi connectivity index (χ4n) is 4.04. The molecule has 3 atom stereocenters. The number of likely N-dealkylation sites (N-methyl/N-ethyl adjacent to an activating group) is 1. The molecule has 1 amide bonds. The van der Waals surface area contributed by atoms with Gasteiger partial charge in [0.25, 0.3) is 0 Å². The molecule has 12 nitrogen and oxygen atoms in total. The number of aliphatic hydroxyl groups excluding tert-OH is 1. The summed E-state index contributed by atoms with van der Waals surface area (Å²) in [4.78, 5) is 14.6. The average Bonchev–Trinajstić information content (AvgIpc) is 3.39. The molecule has 1 aliphatic heterocycles. The Bertz CT molecular complexity index is 1060. The molecule has 0 saturated carbocycles. The second-order valence-corrected chi connectivity index (χ2v) is 10.9. The number of amides is 1. The second-order valence-electron chi connectivity index (χ2n) is 8.92. The van der Waals surface area contributed by atoms with Gasteiger partial charge in [-0.15, -0.1) is 5.10 Å². The molecule has 2 bridgehead atoms. The van der Waals surface area contributed by atoms with Crippen LogP contribution in [0.2, 0.25) is 0 Å². The van der Waals surface area contributed by atoms with E-state index in [1.54, 1.807) is 36.5 Å². The molecular formula is C21H34N6O6S. The zero-order valence-electron chi connectivity index (χ0n) is 20.3. The normalized spacial score (nSPS) is 21.7. The summed E-state index contributed by atoms with van der Waals surface area (Å²) in [6.45, 7) is 7.70. The van der Waals surface area contributed by atoms with E-state index in [4.69, 9.17) is 9.26 Å². The highest BCUT2D eigenvalue weighted by atomic mass is 32.2. The van der Waals surface area contributed by atoms with Gasteiger partial charge in [0.1, 0.15) is 16.3 Å². The molecule has 190 valence electrons. The number of sulfonamides is 1. The van der Waals surface area contributed by atoms with Gasteiger partial charge in [0.2, 0.25) is 15.9 Å². The number of aliphatic hydroxyl groups is 1. The molecular weight excluding hydrogens is 464 g/mol. The Hall–Kier alpha value is -2.35. The number of ether oxygens (including phenoxy) is 1. The van der Waals surface area contributed by atoms with Crippen molar-refractivity contribution in [2.24, 2.45) is 5.92 Å². The lowest BCUT2D eigenvalue weighted by Gasteiger charge is -2.35. The van der Waals surface area contributed by atoms with E-state index >= 15 is 0 Å². The first kappa shape index (κ1) is 26.3. The molecule has 0 unspecified atom stereocenters. The lowest BCUT2D eigenvalue weighted by molar-refractivity contribution is -0.136. The van der Waals surface area contributed by atoms with Crippen molar-refractivity contribution >= 4 is 15.9 Å². The first-order valence-corrected chi connectivity index (χ1v) is 12.8. The average molecular weight is 499 g/mol. The summed E-state index contributed by atoms with van der Waals surface area (Å²) < 4.78 is 40.6. The molecule has 0 saturated heterocycles. The zero-order chi connectivity index (χ0) is 25.0. The van der Waals surface area contributed by atoms with Gasteiger partial charge in [-0.3, -0.25) is 9.48 Å². The van der Waals surface area contributed by atoms with Crippen molar-refractivity contribution < 1.29 is 27.6 Å². The van der Waals surface area contributed by atoms with Gasteiger partial charge in [-0.05, 0) is 27.2 Å². The molecule has 0 aromatic carbocycles. The van der Waals surface area contributed by atoms with Crippen LogP contribution < -0.4 is 0 Å². The number of aryl methyl sites for hydroxylation is 3. The van der Waals surface area contributed by atoms with Gasteiger partial charge >= 0.3 is 0 Å². The van der Waals surface area contributed by atoms with Crippen molar-refractivity contribution in [2.75, 3.05) is 26.7 Å². The van der Waals surface area contributed by atoms with Crippen LogP contribution in [0.25, 0.3) is 0 Å². The third-order valence-corrected chi connectivity index (χ3v) is 8.19. The summed E-state index contributed by atoms with van der Waals surface area (Å²) in [6.07, 6.45) is 2.10. The SMILES string of the molecule is Cc1noc(C)c1S(=O)(=O)N(C)C[C@H]1OCc2cn(nn2)CCCC(=O)N([C@H](C)CO)C[C@H]1C. The molecule has 1 aliphatic rings. The molecule has 2 aromatic heterocycles. The minimum Gasteiger partial charge on any atom is -0.394 e. The van der Waals surface area contributed by atoms with Gasteiger partial charge in [0, 0.05) is 39.0 Å². The number of hydrogen-bond donors (Lipinski definition) is 1. The third-order valence-electron chi connectivity index (χ3n) is 6.12. The second kappa shape index (κ2) is 10.9. The number of rotatable bonds is 6. The number of carbonyl (C=O) groups excluding carboxylic acids is 1. The Kier molecular flexibility index (Phi) is 8.44. The summed E-state index contributed by atoms with van der Waals surface area (Å²) in [7, 11) is -2.40. The first-order valence-electron chi connectivity index (χ1n) is 11.3. The predicted molar refractivity (Wildman–Crippen MR) is 121 cm³/mol. The van der Waals surface area contributed by atoms with Gasteiger partial charge in [-0.2, -0.15) is 4.31 Å². The minimum atomic E-state index is -3.88. The minimum absolute atomic E-state index is 0.0389. The van der Waals surface area contributed by atoms with Gasteiger partial charge in [0.15, 0.2) is 5.76 Å². The number of carbonyl (C=O) groups is 1. The number of hydrogen-bond acceptors (Lipinski definition) is 9. The van der Waals surface area contributed by atoms with E-state index in [2.05, 4.69) is 15.5 Å². The van der Waals surface area contributed by atoms with Crippen LogP contribution >= 0.6 is 0 Å². The van der Waals surface area contributed by atoms with Crippen molar-refractivity contribution in [3.05, 3.63) is 23.3 Å². The van der Waals surface area contributed by atoms with E-state index < -0.39 is 16.1 Å². The lowest BCUT2D eigenvalue weighted by atomic mass is 10.0. The van der Waals surface area contributed by atoms with Crippen LogP contribution in [0, 0.1) is 19.8 Å². The Morgan fingerprint density at radius 1 is 1.35 bits per heavy atom. The first-order chi connectivity index (χ1) is 16.0. The van der Waals surface area contributed by atoms with Crippen molar-refractivity contribution in [3.63, 3.8) is 0 Å². The zero-order valence-corrected chi connectivity index (χ0v) is 21.2. The van der Waals surface area contributed by atoms with Crippen LogP contribution in [-0.2, 0) is 32.7 Å². The molecule has 0 spiro atoms. The number of aromatic nitrogens is 4. The van der Waals surface area contributed by atoms with Gasteiger partial charge in [0.05, 0.1) is 31.6 Å². The predicted octanol–water partition coefficient (Wildman–Crippen LogP) is 0.728. The summed E-state index contributed by atoms with van der Waals surface area (Å²) in [5.41, 5.74) is 0.915. The van der Waals surface area contributed by atoms with Crippen molar-refractivity contribution in [3.8, 4) is 0 Å². The van der Waals surface area contributed by atoms with Crippen LogP contribution in [0.4, 0.5) is 0 Å². The van der Waals surface area contributed by atoms with Crippen molar-refractivity contribution in [1.82, 2.24) is 29.4 Å². The van der Waals surface area contributed by atoms with Crippen LogP contribution in [-0.4, -0.2) is 87.7 Å². The lowest BCUT2D eigenvalue weighted by Crippen LogP contribution is -2.47. The fraction of sp³-hybridized carbons (Fsp3) is 0.714. The highest BCUT2D eigenvalue weighted by molar-refractivity contribution is 7.89. The van der Waals surface area contributed by atoms with E-state index in [-0.39, 0.29) is 48.3 Å². The Labute approximate surface area is 199 Å². The maximum atomic E-state index is 13.3. The largest absolute Gasteiger partial charge is 0.394 e. The van der Waals surface area contributed by atoms with Crippen molar-refractivity contribution in [1.29, 1.82) is 0 Å². The topological polar surface area (TPSA) is 144 Å². The molecule has 3 rings (SSSR count). The Morgan fingerprint density at radius 3 is 2.74 bits per heavy atom. The molecule has 1 N–H and O–H groups in total. The monoisotopic (exact) mass is 498 g/mol. The highest BCUT2D eigenvalue weighted by Crippen LogP contribution is 2.24. The molecule has 0 aliphatic carbocycles. The van der Waals surface area contributed by atoms with E-state index in [1.165, 1.54) is 11.4 Å². The number of fused-ring (bicyclic) bond motifs is 2. The summed E-state index contributed by atoms with van der Waals surface area (Å²) in [6, 6.07) is -0.373. The van der Waals surface area contributed by atoms with Gasteiger partial charge in [-0.25, -0.2) is 8.42 Å². The van der Waals surface area contributed by atoms with Crippen LogP contribution in [0.5, 0.6) is 0 Å². The van der Waals surface area contributed by atoms with E-state index in [0.29, 0.717) is 37.3 Å². The molecule has 13 heteroatoms. The number of nitrogens with zero attached hydrogens (tertiary/aromatic N) is 6. The molecule has 3 heterocycles. The summed E-state index contributed by atoms with van der Waals surface area (Å²) >= 11 is 0. The third kappa shape index (κ3) is 5.82. The van der Waals surface area contributed by atoms with E-state index in [1.807, 2.05) is 6.92 Å². The van der Waals surface area contributed by atoms with Crippen LogP contribution in [0.3, 0.4) is 0 Å². The quantitative estimate of drug-likeness (QED) is 0.609. The Balaban J connectivity index is 1.88. The van der Waals surface area contributed by atoms with E-state index in [0.717, 1.165) is 0 Å². The summed E-state index contributed by atoms with van der Waals surface area (Å²) in [5.74, 6) is -0.0992. The van der Waals surface area contributed by atoms with Crippen LogP contribution in [0.15, 0.2) is 15.6 Å². The van der Waals surface area contributed by atoms with Gasteiger partial charge in [-0.1, -0.05) is 17.3 Å². The maximum Gasteiger partial charge on any atom is 0.248 e. The standard InChI is InChI=1S/C21H34N6O6S/c1-14-9-27(15(2)12-28)20(29)7-6-8-26-10-18(22-24-26)13-32-19(14)11-25(5)34(30,31)21-16(3)23-33-17(21)4/h10,14-15,19,28H,6-9,11-13H2,1-5H3/t14-,15-,19-/m1/s1. The molecule has 34 heavy (non-hydrogen) atoms. The molecule has 2 aromatic rings. The Morgan fingerprint density at radius 2 is 2.09 bits per heavy atom. The van der Waals surface area contributed by atoms with E-state index in [9.17, 15) is 18.3 Å². The summed E-state index contributed by atoms with van der Waals surface area (Å²) in [5, 5.41) is 21.7. The maximum absolute atomic E-state index is 13.3. The molecule has 0 fully saturated rings. The fourth-order valence-corrected chi connectivity index (χ4v) is 5.51. The van der Waals surface area contributed by atoms with Gasteiger partial charge < -0.3 is 19.3 Å².